The lowest BCUT2D eigenvalue weighted by Crippen LogP contribution is -2.19. The van der Waals surface area contributed by atoms with Gasteiger partial charge in [-0.25, -0.2) is 0 Å². The maximum Gasteiger partial charge on any atom is 0.0787 e. The average molecular weight is 184 g/mol. The molecule has 0 radical (unpaired) electrons. The van der Waals surface area contributed by atoms with Crippen LogP contribution < -0.4 is 0 Å². The van der Waals surface area contributed by atoms with Crippen molar-refractivity contribution in [3.63, 3.8) is 0 Å². The van der Waals surface area contributed by atoms with Crippen LogP contribution in [0.25, 0.3) is 0 Å². The molecule has 1 aliphatic rings. The largest absolute Gasteiger partial charge is 0.382 e. The van der Waals surface area contributed by atoms with Gasteiger partial charge in [-0.3, -0.25) is 0 Å². The Morgan fingerprint density at radius 3 is 2.85 bits per heavy atom. The molecule has 0 aromatic heterocycles. The topological polar surface area (TPSA) is 18.5 Å². The lowest BCUT2D eigenvalue weighted by atomic mass is 10.0. The van der Waals surface area contributed by atoms with Crippen LogP contribution in [0, 0.1) is 5.92 Å². The van der Waals surface area contributed by atoms with Crippen molar-refractivity contribution in [3.8, 4) is 0 Å². The Balaban J connectivity index is 2.17. The summed E-state index contributed by atoms with van der Waals surface area (Å²) in [7, 11) is 0. The van der Waals surface area contributed by atoms with Gasteiger partial charge in [-0.2, -0.15) is 0 Å². The molecule has 0 aliphatic heterocycles. The zero-order chi connectivity index (χ0) is 9.52. The predicted octanol–water partition coefficient (Wildman–Crippen LogP) is 2.39. The molecular weight excluding hydrogens is 164 g/mol. The van der Waals surface area contributed by atoms with E-state index in [-0.39, 0.29) is 0 Å². The first-order chi connectivity index (χ1) is 6.38. The Bertz CT molecular complexity index is 154. The predicted molar refractivity (Wildman–Crippen MR) is 53.8 cm³/mol. The lowest BCUT2D eigenvalue weighted by molar-refractivity contribution is 0.0433. The maximum atomic E-state index is 5.60. The molecule has 0 spiro atoms. The molecule has 0 heterocycles. The fourth-order valence-electron chi connectivity index (χ4n) is 1.72. The minimum absolute atomic E-state index is 0.338. The Labute approximate surface area is 80.9 Å². The van der Waals surface area contributed by atoms with E-state index < -0.39 is 0 Å². The van der Waals surface area contributed by atoms with Crippen LogP contribution in [-0.4, -0.2) is 25.9 Å². The molecular formula is C11H20O2. The smallest absolute Gasteiger partial charge is 0.0787 e. The van der Waals surface area contributed by atoms with Crippen molar-refractivity contribution in [1.29, 1.82) is 0 Å². The minimum Gasteiger partial charge on any atom is -0.382 e. The zero-order valence-electron chi connectivity index (χ0n) is 8.66. The third-order valence-corrected chi connectivity index (χ3v) is 2.43. The van der Waals surface area contributed by atoms with E-state index in [1.165, 1.54) is 0 Å². The van der Waals surface area contributed by atoms with Crippen LogP contribution in [0.5, 0.6) is 0 Å². The average Bonchev–Trinajstić information content (AvgIpc) is 2.54. The minimum atomic E-state index is 0.338. The molecule has 1 rings (SSSR count). The van der Waals surface area contributed by atoms with E-state index in [2.05, 4.69) is 12.2 Å². The zero-order valence-corrected chi connectivity index (χ0v) is 8.66. The summed E-state index contributed by atoms with van der Waals surface area (Å²) in [5, 5.41) is 0. The van der Waals surface area contributed by atoms with E-state index in [9.17, 15) is 0 Å². The first kappa shape index (κ1) is 10.7. The first-order valence-corrected chi connectivity index (χ1v) is 5.24. The molecule has 13 heavy (non-hydrogen) atoms. The van der Waals surface area contributed by atoms with Crippen molar-refractivity contribution in [2.24, 2.45) is 5.92 Å². The van der Waals surface area contributed by atoms with Gasteiger partial charge in [0.2, 0.25) is 0 Å². The highest BCUT2D eigenvalue weighted by molar-refractivity contribution is 5.02. The molecule has 0 N–H and O–H groups in total. The van der Waals surface area contributed by atoms with Gasteiger partial charge in [-0.15, -0.1) is 0 Å². The maximum absolute atomic E-state index is 5.60. The standard InChI is InChI=1S/C11H20O2/c1-3-12-9-8-10-6-5-7-11(10)13-4-2/h5,7,10-11H,3-4,6,8-9H2,1-2H3/t10-,11-/m0/s1. The van der Waals surface area contributed by atoms with Gasteiger partial charge in [0.05, 0.1) is 6.10 Å². The summed E-state index contributed by atoms with van der Waals surface area (Å²) < 4.78 is 10.9. The highest BCUT2D eigenvalue weighted by atomic mass is 16.5. The molecule has 0 bridgehead atoms. The van der Waals surface area contributed by atoms with Crippen molar-refractivity contribution in [2.75, 3.05) is 19.8 Å². The Hall–Kier alpha value is -0.340. The first-order valence-electron chi connectivity index (χ1n) is 5.24. The Morgan fingerprint density at radius 2 is 2.15 bits per heavy atom. The van der Waals surface area contributed by atoms with Crippen molar-refractivity contribution < 1.29 is 9.47 Å². The summed E-state index contributed by atoms with van der Waals surface area (Å²) in [6.07, 6.45) is 7.01. The molecule has 76 valence electrons. The number of ether oxygens (including phenoxy) is 2. The van der Waals surface area contributed by atoms with Gasteiger partial charge in [0, 0.05) is 19.8 Å². The van der Waals surface area contributed by atoms with Crippen LogP contribution >= 0.6 is 0 Å². The van der Waals surface area contributed by atoms with Gasteiger partial charge >= 0.3 is 0 Å². The van der Waals surface area contributed by atoms with Crippen LogP contribution in [0.15, 0.2) is 12.2 Å². The van der Waals surface area contributed by atoms with E-state index in [0.717, 1.165) is 32.7 Å². The second-order valence-electron chi connectivity index (χ2n) is 3.33. The monoisotopic (exact) mass is 184 g/mol. The summed E-state index contributed by atoms with van der Waals surface area (Å²) >= 11 is 0. The van der Waals surface area contributed by atoms with E-state index in [4.69, 9.17) is 9.47 Å². The number of rotatable bonds is 6. The van der Waals surface area contributed by atoms with Crippen LogP contribution in [0.4, 0.5) is 0 Å². The number of allylic oxidation sites excluding steroid dienone is 1. The van der Waals surface area contributed by atoms with Crippen LogP contribution in [0.3, 0.4) is 0 Å². The molecule has 2 atom stereocenters. The van der Waals surface area contributed by atoms with Gasteiger partial charge in [0.1, 0.15) is 0 Å². The molecule has 0 saturated heterocycles. The van der Waals surface area contributed by atoms with E-state index in [0.29, 0.717) is 12.0 Å². The third-order valence-electron chi connectivity index (χ3n) is 2.43. The number of hydrogen-bond donors (Lipinski definition) is 0. The number of hydrogen-bond acceptors (Lipinski definition) is 2. The van der Waals surface area contributed by atoms with Crippen LogP contribution in [0.1, 0.15) is 26.7 Å². The normalized spacial score (nSPS) is 26.9. The van der Waals surface area contributed by atoms with Crippen LogP contribution in [-0.2, 0) is 9.47 Å². The summed E-state index contributed by atoms with van der Waals surface area (Å²) in [4.78, 5) is 0. The Kier molecular flexibility index (Phi) is 5.09. The molecule has 0 amide bonds. The molecule has 2 nitrogen and oxygen atoms in total. The molecule has 0 aromatic rings. The van der Waals surface area contributed by atoms with E-state index in [1.54, 1.807) is 0 Å². The molecule has 0 fully saturated rings. The van der Waals surface area contributed by atoms with Gasteiger partial charge in [0.25, 0.3) is 0 Å². The summed E-state index contributed by atoms with van der Waals surface area (Å²) in [6, 6.07) is 0. The molecule has 1 aliphatic carbocycles. The van der Waals surface area contributed by atoms with Gasteiger partial charge in [-0.1, -0.05) is 12.2 Å². The van der Waals surface area contributed by atoms with Gasteiger partial charge < -0.3 is 9.47 Å². The van der Waals surface area contributed by atoms with E-state index in [1.807, 2.05) is 13.8 Å². The second-order valence-corrected chi connectivity index (χ2v) is 3.33. The Morgan fingerprint density at radius 1 is 1.31 bits per heavy atom. The van der Waals surface area contributed by atoms with Gasteiger partial charge in [-0.05, 0) is 32.6 Å². The highest BCUT2D eigenvalue weighted by Gasteiger charge is 2.22. The second kappa shape index (κ2) is 6.17. The quantitative estimate of drug-likeness (QED) is 0.466. The fraction of sp³-hybridized carbons (Fsp3) is 0.818. The molecule has 0 unspecified atom stereocenters. The SMILES string of the molecule is CCOCC[C@@H]1CC=C[C@@H]1OCC. The summed E-state index contributed by atoms with van der Waals surface area (Å²) in [6.45, 7) is 6.57. The summed E-state index contributed by atoms with van der Waals surface area (Å²) in [5.74, 6) is 0.645. The highest BCUT2D eigenvalue weighted by Crippen LogP contribution is 2.24. The van der Waals surface area contributed by atoms with Crippen LogP contribution in [0.2, 0.25) is 0 Å². The van der Waals surface area contributed by atoms with Crippen molar-refractivity contribution in [2.45, 2.75) is 32.8 Å². The van der Waals surface area contributed by atoms with Crippen molar-refractivity contribution in [3.05, 3.63) is 12.2 Å². The lowest BCUT2D eigenvalue weighted by Gasteiger charge is -2.18. The van der Waals surface area contributed by atoms with Crippen molar-refractivity contribution >= 4 is 0 Å². The fourth-order valence-corrected chi connectivity index (χ4v) is 1.72. The summed E-state index contributed by atoms with van der Waals surface area (Å²) in [5.41, 5.74) is 0. The molecule has 0 saturated carbocycles. The molecule has 0 aromatic carbocycles. The van der Waals surface area contributed by atoms with Gasteiger partial charge in [0.15, 0.2) is 0 Å². The molecule has 2 heteroatoms. The van der Waals surface area contributed by atoms with Crippen molar-refractivity contribution in [1.82, 2.24) is 0 Å². The van der Waals surface area contributed by atoms with E-state index >= 15 is 0 Å². The third kappa shape index (κ3) is 3.49.